The third kappa shape index (κ3) is 3.70. The number of hydrogen-bond acceptors (Lipinski definition) is 3. The van der Waals surface area contributed by atoms with E-state index in [1.807, 2.05) is 6.07 Å². The van der Waals surface area contributed by atoms with E-state index >= 15 is 0 Å². The maximum Gasteiger partial charge on any atom is 0.251 e. The summed E-state index contributed by atoms with van der Waals surface area (Å²) in [6.45, 7) is 0. The van der Waals surface area contributed by atoms with Crippen molar-refractivity contribution in [3.63, 3.8) is 0 Å². The first kappa shape index (κ1) is 23.6. The zero-order chi connectivity index (χ0) is 25.6. The minimum atomic E-state index is -1.58. The first-order valence-corrected chi connectivity index (χ1v) is 11.5. The van der Waals surface area contributed by atoms with Gasteiger partial charge in [-0.15, -0.1) is 6.42 Å². The van der Waals surface area contributed by atoms with E-state index in [-0.39, 0.29) is 11.1 Å². The fourth-order valence-electron chi connectivity index (χ4n) is 4.59. The van der Waals surface area contributed by atoms with Crippen LogP contribution in [0.1, 0.15) is 22.4 Å². The normalized spacial score (nSPS) is 12.9. The van der Waals surface area contributed by atoms with E-state index in [0.717, 1.165) is 0 Å². The Morgan fingerprint density at radius 3 is 2.42 bits per heavy atom. The summed E-state index contributed by atoms with van der Waals surface area (Å²) in [5.41, 5.74) is 1.82. The summed E-state index contributed by atoms with van der Waals surface area (Å²) in [7, 11) is 3.48. The molecule has 0 aliphatic rings. The monoisotopic (exact) mass is 497 g/mol. The predicted molar refractivity (Wildman–Crippen MR) is 139 cm³/mol. The Bertz CT molecular complexity index is 1730. The zero-order valence-corrected chi connectivity index (χ0v) is 20.3. The summed E-state index contributed by atoms with van der Waals surface area (Å²) in [5.74, 6) is 1.84. The van der Waals surface area contributed by atoms with Crippen LogP contribution >= 0.6 is 11.6 Å². The first-order chi connectivity index (χ1) is 17.2. The predicted octanol–water partition coefficient (Wildman–Crippen LogP) is 5.00. The molecule has 7 heteroatoms. The van der Waals surface area contributed by atoms with Crippen molar-refractivity contribution in [1.82, 2.24) is 14.1 Å². The molecule has 5 rings (SSSR count). The van der Waals surface area contributed by atoms with Gasteiger partial charge in [0.15, 0.2) is 5.60 Å². The zero-order valence-electron chi connectivity index (χ0n) is 19.5. The summed E-state index contributed by atoms with van der Waals surface area (Å²) < 4.78 is 17.4. The van der Waals surface area contributed by atoms with Crippen molar-refractivity contribution in [2.24, 2.45) is 14.1 Å². The van der Waals surface area contributed by atoms with Gasteiger partial charge in [-0.2, -0.15) is 0 Å². The molecule has 0 saturated heterocycles. The molecule has 3 aromatic carbocycles. The van der Waals surface area contributed by atoms with Gasteiger partial charge < -0.3 is 14.2 Å². The molecule has 0 aliphatic heterocycles. The van der Waals surface area contributed by atoms with Crippen LogP contribution in [0.25, 0.3) is 22.0 Å². The second-order valence-electron chi connectivity index (χ2n) is 8.63. The van der Waals surface area contributed by atoms with Gasteiger partial charge in [0.25, 0.3) is 5.56 Å². The van der Waals surface area contributed by atoms with Crippen molar-refractivity contribution < 1.29 is 9.50 Å². The van der Waals surface area contributed by atoms with Crippen LogP contribution in [-0.2, 0) is 19.7 Å². The van der Waals surface area contributed by atoms with Crippen LogP contribution in [0, 0.1) is 18.2 Å². The number of halogens is 2. The molecule has 2 aromatic heterocycles. The Kier molecular flexibility index (Phi) is 5.76. The average Bonchev–Trinajstić information content (AvgIpc) is 3.32. The molecule has 0 radical (unpaired) electrons. The summed E-state index contributed by atoms with van der Waals surface area (Å²) >= 11 is 6.13. The fourth-order valence-corrected chi connectivity index (χ4v) is 4.71. The van der Waals surface area contributed by atoms with Crippen molar-refractivity contribution >= 4 is 22.5 Å². The third-order valence-electron chi connectivity index (χ3n) is 6.55. The number of hydrogen-bond donors (Lipinski definition) is 1. The number of imidazole rings is 1. The standard InChI is InChI=1S/C29H21ClFN3O2/c1-4-18-13-19(5-11-25(18)31)23-15-28(35)34(3)26-12-8-21(14-24(23)26)29(36,27-16-32-17-33(27)2)20-6-9-22(30)10-7-20/h1,5-17,36H,2-3H3. The quantitative estimate of drug-likeness (QED) is 0.356. The Morgan fingerprint density at radius 1 is 1.03 bits per heavy atom. The number of aromatic nitrogens is 3. The van der Waals surface area contributed by atoms with E-state index in [4.69, 9.17) is 18.0 Å². The van der Waals surface area contributed by atoms with Crippen LogP contribution in [0.15, 0.2) is 84.0 Å². The summed E-state index contributed by atoms with van der Waals surface area (Å²) in [4.78, 5) is 17.0. The van der Waals surface area contributed by atoms with E-state index < -0.39 is 11.4 Å². The minimum Gasteiger partial charge on any atom is -0.374 e. The van der Waals surface area contributed by atoms with Crippen LogP contribution in [0.4, 0.5) is 4.39 Å². The van der Waals surface area contributed by atoms with Crippen LogP contribution in [0.2, 0.25) is 5.02 Å². The lowest BCUT2D eigenvalue weighted by Crippen LogP contribution is -2.31. The number of fused-ring (bicyclic) bond motifs is 1. The van der Waals surface area contributed by atoms with Crippen LogP contribution in [0.5, 0.6) is 0 Å². The van der Waals surface area contributed by atoms with Gasteiger partial charge in [0.2, 0.25) is 0 Å². The van der Waals surface area contributed by atoms with E-state index in [1.165, 1.54) is 16.7 Å². The molecule has 0 amide bonds. The molecule has 0 saturated carbocycles. The van der Waals surface area contributed by atoms with Crippen LogP contribution < -0.4 is 5.56 Å². The van der Waals surface area contributed by atoms with Gasteiger partial charge in [0, 0.05) is 30.6 Å². The number of aryl methyl sites for hydroxylation is 2. The number of aliphatic hydroxyl groups is 1. The van der Waals surface area contributed by atoms with Crippen LogP contribution in [-0.4, -0.2) is 19.2 Å². The molecule has 5 aromatic rings. The van der Waals surface area contributed by atoms with Crippen molar-refractivity contribution in [3.05, 3.63) is 123 Å². The fraction of sp³-hybridized carbons (Fsp3) is 0.103. The SMILES string of the molecule is C#Cc1cc(-c2cc(=O)n(C)c3ccc(C(O)(c4ccc(Cl)cc4)c4cncn4C)cc23)ccc1F. The van der Waals surface area contributed by atoms with E-state index in [0.29, 0.717) is 43.9 Å². The highest BCUT2D eigenvalue weighted by molar-refractivity contribution is 6.30. The minimum absolute atomic E-state index is 0.102. The molecular weight excluding hydrogens is 477 g/mol. The van der Waals surface area contributed by atoms with E-state index in [1.54, 1.807) is 79.7 Å². The molecule has 1 atom stereocenters. The molecule has 0 fully saturated rings. The summed E-state index contributed by atoms with van der Waals surface area (Å²) in [6, 6.07) is 18.3. The topological polar surface area (TPSA) is 60.1 Å². The Morgan fingerprint density at radius 2 is 1.75 bits per heavy atom. The Labute approximate surface area is 212 Å². The third-order valence-corrected chi connectivity index (χ3v) is 6.80. The molecule has 1 unspecified atom stereocenters. The lowest BCUT2D eigenvalue weighted by atomic mass is 9.82. The van der Waals surface area contributed by atoms with E-state index in [9.17, 15) is 14.3 Å². The van der Waals surface area contributed by atoms with Gasteiger partial charge in [-0.05, 0) is 58.7 Å². The number of terminal acetylenes is 1. The molecule has 36 heavy (non-hydrogen) atoms. The van der Waals surface area contributed by atoms with Crippen molar-refractivity contribution in [2.75, 3.05) is 0 Å². The lowest BCUT2D eigenvalue weighted by Gasteiger charge is -2.30. The van der Waals surface area contributed by atoms with Gasteiger partial charge in [0.05, 0.1) is 29.3 Å². The molecule has 0 bridgehead atoms. The number of rotatable bonds is 4. The summed E-state index contributed by atoms with van der Waals surface area (Å²) in [6.07, 6.45) is 8.71. The van der Waals surface area contributed by atoms with Crippen molar-refractivity contribution in [2.45, 2.75) is 5.60 Å². The van der Waals surface area contributed by atoms with Gasteiger partial charge >= 0.3 is 0 Å². The molecule has 5 nitrogen and oxygen atoms in total. The van der Waals surface area contributed by atoms with Gasteiger partial charge in [0.1, 0.15) is 5.82 Å². The van der Waals surface area contributed by atoms with E-state index in [2.05, 4.69) is 10.9 Å². The smallest absolute Gasteiger partial charge is 0.251 e. The highest BCUT2D eigenvalue weighted by Crippen LogP contribution is 2.39. The van der Waals surface area contributed by atoms with Gasteiger partial charge in [-0.1, -0.05) is 41.8 Å². The van der Waals surface area contributed by atoms with Crippen molar-refractivity contribution in [1.29, 1.82) is 0 Å². The average molecular weight is 498 g/mol. The molecule has 0 aliphatic carbocycles. The van der Waals surface area contributed by atoms with Gasteiger partial charge in [-0.25, -0.2) is 9.37 Å². The highest BCUT2D eigenvalue weighted by atomic mass is 35.5. The number of benzene rings is 3. The molecule has 1 N–H and O–H groups in total. The second kappa shape index (κ2) is 8.80. The van der Waals surface area contributed by atoms with Crippen LogP contribution in [0.3, 0.4) is 0 Å². The lowest BCUT2D eigenvalue weighted by molar-refractivity contribution is 0.117. The van der Waals surface area contributed by atoms with Gasteiger partial charge in [-0.3, -0.25) is 4.79 Å². The molecular formula is C29H21ClFN3O2. The second-order valence-corrected chi connectivity index (χ2v) is 9.07. The number of nitrogens with zero attached hydrogens (tertiary/aromatic N) is 3. The molecule has 0 spiro atoms. The summed E-state index contributed by atoms with van der Waals surface area (Å²) in [5, 5.41) is 13.5. The Hall–Kier alpha value is -4.18. The first-order valence-electron chi connectivity index (χ1n) is 11.1. The largest absolute Gasteiger partial charge is 0.374 e. The van der Waals surface area contributed by atoms with Crippen molar-refractivity contribution in [3.8, 4) is 23.5 Å². The number of pyridine rings is 1. The molecule has 2 heterocycles. The maximum atomic E-state index is 14.1. The Balaban J connectivity index is 1.84. The molecule has 178 valence electrons. The maximum absolute atomic E-state index is 14.1. The highest BCUT2D eigenvalue weighted by Gasteiger charge is 2.37.